The van der Waals surface area contributed by atoms with Crippen molar-refractivity contribution in [2.24, 2.45) is 5.92 Å². The van der Waals surface area contributed by atoms with Gasteiger partial charge < -0.3 is 5.32 Å². The molecule has 0 radical (unpaired) electrons. The molecule has 2 fully saturated rings. The first-order valence-electron chi connectivity index (χ1n) is 7.06. The van der Waals surface area contributed by atoms with Crippen molar-refractivity contribution in [2.75, 3.05) is 19.6 Å². The Kier molecular flexibility index (Phi) is 4.04. The molecule has 0 aliphatic carbocycles. The van der Waals surface area contributed by atoms with Crippen LogP contribution in [0.4, 0.5) is 0 Å². The molecule has 1 atom stereocenters. The summed E-state index contributed by atoms with van der Waals surface area (Å²) in [6, 6.07) is 0.247. The summed E-state index contributed by atoms with van der Waals surface area (Å²) in [5.41, 5.74) is 0. The van der Waals surface area contributed by atoms with Crippen LogP contribution >= 0.6 is 0 Å². The monoisotopic (exact) mass is 274 g/mol. The number of hydrogen-bond acceptors (Lipinski definition) is 3. The molecule has 0 amide bonds. The Hall–Kier alpha value is -0.130. The van der Waals surface area contributed by atoms with Gasteiger partial charge in [0.05, 0.1) is 4.75 Å². The lowest BCUT2D eigenvalue weighted by Gasteiger charge is -2.36. The third-order valence-electron chi connectivity index (χ3n) is 4.26. The lowest BCUT2D eigenvalue weighted by atomic mass is 9.89. The van der Waals surface area contributed by atoms with Crippen LogP contribution in [-0.4, -0.2) is 43.1 Å². The van der Waals surface area contributed by atoms with Crippen molar-refractivity contribution in [3.8, 4) is 0 Å². The summed E-state index contributed by atoms with van der Waals surface area (Å²) >= 11 is 0. The Bertz CT molecular complexity index is 380. The molecule has 18 heavy (non-hydrogen) atoms. The molecule has 0 spiro atoms. The van der Waals surface area contributed by atoms with Gasteiger partial charge in [-0.15, -0.1) is 0 Å². The van der Waals surface area contributed by atoms with Crippen LogP contribution in [0.5, 0.6) is 0 Å². The summed E-state index contributed by atoms with van der Waals surface area (Å²) in [5, 5.41) is 3.35. The van der Waals surface area contributed by atoms with Crippen LogP contribution in [-0.2, 0) is 10.0 Å². The SMILES string of the molecule is CC(C)(C)S(=O)(=O)N1CCCC1C1CCNCC1. The molecule has 106 valence electrons. The Labute approximate surface area is 111 Å². The third kappa shape index (κ3) is 2.58. The van der Waals surface area contributed by atoms with Gasteiger partial charge in [0, 0.05) is 12.6 Å². The van der Waals surface area contributed by atoms with Gasteiger partial charge in [0.25, 0.3) is 0 Å². The number of sulfonamides is 1. The molecule has 2 saturated heterocycles. The summed E-state index contributed by atoms with van der Waals surface area (Å²) in [6.07, 6.45) is 4.28. The zero-order valence-corrected chi connectivity index (χ0v) is 12.6. The molecular weight excluding hydrogens is 248 g/mol. The second kappa shape index (κ2) is 5.10. The van der Waals surface area contributed by atoms with E-state index in [1.165, 1.54) is 0 Å². The summed E-state index contributed by atoms with van der Waals surface area (Å²) < 4.78 is 26.4. The molecule has 0 aromatic rings. The molecule has 2 rings (SSSR count). The normalized spacial score (nSPS) is 28.7. The van der Waals surface area contributed by atoms with Crippen LogP contribution in [0, 0.1) is 5.92 Å². The number of nitrogens with zero attached hydrogens (tertiary/aromatic N) is 1. The fourth-order valence-electron chi connectivity index (χ4n) is 3.12. The van der Waals surface area contributed by atoms with Crippen molar-refractivity contribution in [1.82, 2.24) is 9.62 Å². The maximum absolute atomic E-state index is 12.6. The van der Waals surface area contributed by atoms with Gasteiger partial charge in [0.15, 0.2) is 0 Å². The van der Waals surface area contributed by atoms with Crippen molar-refractivity contribution >= 4 is 10.0 Å². The van der Waals surface area contributed by atoms with E-state index < -0.39 is 14.8 Å². The molecule has 4 nitrogen and oxygen atoms in total. The van der Waals surface area contributed by atoms with E-state index in [9.17, 15) is 8.42 Å². The average Bonchev–Trinajstić information content (AvgIpc) is 2.78. The molecule has 2 aliphatic rings. The fraction of sp³-hybridized carbons (Fsp3) is 1.00. The van der Waals surface area contributed by atoms with Crippen molar-refractivity contribution in [3.05, 3.63) is 0 Å². The molecule has 5 heteroatoms. The first kappa shape index (κ1) is 14.3. The smallest absolute Gasteiger partial charge is 0.219 e. The van der Waals surface area contributed by atoms with Crippen LogP contribution < -0.4 is 5.32 Å². The van der Waals surface area contributed by atoms with Crippen LogP contribution in [0.25, 0.3) is 0 Å². The first-order chi connectivity index (χ1) is 8.34. The minimum absolute atomic E-state index is 0.247. The highest BCUT2D eigenvalue weighted by molar-refractivity contribution is 7.90. The highest BCUT2D eigenvalue weighted by Crippen LogP contribution is 2.34. The summed E-state index contributed by atoms with van der Waals surface area (Å²) in [5.74, 6) is 0.547. The molecule has 2 aliphatic heterocycles. The fourth-order valence-corrected chi connectivity index (χ4v) is 4.82. The van der Waals surface area contributed by atoms with E-state index >= 15 is 0 Å². The topological polar surface area (TPSA) is 49.4 Å². The van der Waals surface area contributed by atoms with Crippen molar-refractivity contribution in [2.45, 2.75) is 57.2 Å². The lowest BCUT2D eigenvalue weighted by Crippen LogP contribution is -2.49. The Morgan fingerprint density at radius 3 is 2.28 bits per heavy atom. The maximum Gasteiger partial charge on any atom is 0.219 e. The summed E-state index contributed by atoms with van der Waals surface area (Å²) in [7, 11) is -3.16. The Morgan fingerprint density at radius 2 is 1.72 bits per heavy atom. The predicted molar refractivity (Wildman–Crippen MR) is 74.0 cm³/mol. The lowest BCUT2D eigenvalue weighted by molar-refractivity contribution is 0.232. The largest absolute Gasteiger partial charge is 0.317 e. The second-order valence-electron chi connectivity index (χ2n) is 6.53. The summed E-state index contributed by atoms with van der Waals surface area (Å²) in [6.45, 7) is 8.20. The van der Waals surface area contributed by atoms with E-state index in [0.29, 0.717) is 12.5 Å². The van der Waals surface area contributed by atoms with Crippen molar-refractivity contribution in [3.63, 3.8) is 0 Å². The van der Waals surface area contributed by atoms with Gasteiger partial charge in [-0.05, 0) is 65.5 Å². The predicted octanol–water partition coefficient (Wildman–Crippen LogP) is 1.58. The minimum atomic E-state index is -3.16. The second-order valence-corrected chi connectivity index (χ2v) is 9.17. The minimum Gasteiger partial charge on any atom is -0.317 e. The number of rotatable bonds is 2. The van der Waals surface area contributed by atoms with Crippen LogP contribution in [0.2, 0.25) is 0 Å². The summed E-state index contributed by atoms with van der Waals surface area (Å²) in [4.78, 5) is 0. The van der Waals surface area contributed by atoms with E-state index in [1.54, 1.807) is 20.8 Å². The molecule has 2 heterocycles. The number of piperidine rings is 1. The molecule has 1 N–H and O–H groups in total. The Balaban J connectivity index is 2.17. The van der Waals surface area contributed by atoms with Crippen molar-refractivity contribution in [1.29, 1.82) is 0 Å². The third-order valence-corrected chi connectivity index (χ3v) is 6.88. The molecule has 0 aromatic heterocycles. The first-order valence-corrected chi connectivity index (χ1v) is 8.50. The van der Waals surface area contributed by atoms with E-state index in [-0.39, 0.29) is 6.04 Å². The maximum atomic E-state index is 12.6. The molecular formula is C13H26N2O2S. The van der Waals surface area contributed by atoms with Crippen LogP contribution in [0.1, 0.15) is 46.5 Å². The highest BCUT2D eigenvalue weighted by Gasteiger charge is 2.44. The zero-order chi connectivity index (χ0) is 13.4. The van der Waals surface area contributed by atoms with Crippen molar-refractivity contribution < 1.29 is 8.42 Å². The molecule has 1 unspecified atom stereocenters. The van der Waals surface area contributed by atoms with E-state index in [4.69, 9.17) is 0 Å². The van der Waals surface area contributed by atoms with Crippen LogP contribution in [0.15, 0.2) is 0 Å². The highest BCUT2D eigenvalue weighted by atomic mass is 32.2. The standard InChI is InChI=1S/C13H26N2O2S/c1-13(2,3)18(16,17)15-10-4-5-12(15)11-6-8-14-9-7-11/h11-12,14H,4-10H2,1-3H3. The van der Waals surface area contributed by atoms with Gasteiger partial charge >= 0.3 is 0 Å². The quantitative estimate of drug-likeness (QED) is 0.832. The van der Waals surface area contributed by atoms with Gasteiger partial charge in [-0.1, -0.05) is 0 Å². The Morgan fingerprint density at radius 1 is 1.11 bits per heavy atom. The number of nitrogens with one attached hydrogen (secondary N) is 1. The van der Waals surface area contributed by atoms with E-state index in [1.807, 2.05) is 4.31 Å². The van der Waals surface area contributed by atoms with Gasteiger partial charge in [0.2, 0.25) is 10.0 Å². The van der Waals surface area contributed by atoms with Crippen LogP contribution in [0.3, 0.4) is 0 Å². The van der Waals surface area contributed by atoms with Gasteiger partial charge in [0.1, 0.15) is 0 Å². The molecule has 0 bridgehead atoms. The van der Waals surface area contributed by atoms with Gasteiger partial charge in [-0.25, -0.2) is 8.42 Å². The molecule has 0 aromatic carbocycles. The van der Waals surface area contributed by atoms with Gasteiger partial charge in [-0.2, -0.15) is 4.31 Å². The van der Waals surface area contributed by atoms with E-state index in [2.05, 4.69) is 5.32 Å². The van der Waals surface area contributed by atoms with E-state index in [0.717, 1.165) is 38.8 Å². The van der Waals surface area contributed by atoms with Gasteiger partial charge in [-0.3, -0.25) is 0 Å². The number of hydrogen-bond donors (Lipinski definition) is 1. The molecule has 0 saturated carbocycles. The average molecular weight is 274 g/mol. The zero-order valence-electron chi connectivity index (χ0n) is 11.8.